The van der Waals surface area contributed by atoms with Gasteiger partial charge in [0.25, 0.3) is 11.5 Å². The van der Waals surface area contributed by atoms with Crippen molar-refractivity contribution in [3.63, 3.8) is 0 Å². The fourth-order valence-electron chi connectivity index (χ4n) is 1.49. The third-order valence-electron chi connectivity index (χ3n) is 2.17. The summed E-state index contributed by atoms with van der Waals surface area (Å²) in [6.07, 6.45) is 0.689. The fraction of sp³-hybridized carbons (Fsp3) is 0.400. The van der Waals surface area contributed by atoms with Gasteiger partial charge in [-0.2, -0.15) is 0 Å². The molecule has 0 radical (unpaired) electrons. The quantitative estimate of drug-likeness (QED) is 0.755. The second-order valence-corrected chi connectivity index (χ2v) is 3.38. The summed E-state index contributed by atoms with van der Waals surface area (Å²) in [5, 5.41) is 9.52. The van der Waals surface area contributed by atoms with E-state index in [0.29, 0.717) is 18.5 Å². The minimum Gasteiger partial charge on any atom is -0.494 e. The average Bonchev–Trinajstić information content (AvgIpc) is 2.11. The molecule has 0 aromatic carbocycles. The molecule has 0 fully saturated rings. The summed E-state index contributed by atoms with van der Waals surface area (Å²) in [7, 11) is 0. The van der Waals surface area contributed by atoms with Crippen LogP contribution in [0.3, 0.4) is 0 Å². The zero-order valence-electron chi connectivity index (χ0n) is 8.78. The van der Waals surface area contributed by atoms with Gasteiger partial charge in [0, 0.05) is 12.6 Å². The van der Waals surface area contributed by atoms with Gasteiger partial charge in [-0.1, -0.05) is 6.92 Å². The standard InChI is InChI=1S/C10H14N2O3/c1-3-4-12-7(13)5-6(2)8(9(11)14)10(12)15/h5,13H,3-4H2,1-2H3,(H2,11,14). The summed E-state index contributed by atoms with van der Waals surface area (Å²) >= 11 is 0. The predicted octanol–water partition coefficient (Wildman–Crippen LogP) is 0.371. The number of aromatic nitrogens is 1. The van der Waals surface area contributed by atoms with Crippen LogP contribution in [-0.4, -0.2) is 15.6 Å². The van der Waals surface area contributed by atoms with Crippen LogP contribution in [0.4, 0.5) is 0 Å². The van der Waals surface area contributed by atoms with Gasteiger partial charge in [0.05, 0.1) is 0 Å². The Morgan fingerprint density at radius 1 is 1.60 bits per heavy atom. The predicted molar refractivity (Wildman–Crippen MR) is 55.9 cm³/mol. The normalized spacial score (nSPS) is 10.3. The number of hydrogen-bond acceptors (Lipinski definition) is 3. The lowest BCUT2D eigenvalue weighted by atomic mass is 10.1. The van der Waals surface area contributed by atoms with E-state index in [1.165, 1.54) is 6.07 Å². The first-order valence-corrected chi connectivity index (χ1v) is 4.72. The lowest BCUT2D eigenvalue weighted by Crippen LogP contribution is -2.30. The molecule has 0 saturated carbocycles. The van der Waals surface area contributed by atoms with Crippen molar-refractivity contribution >= 4 is 5.91 Å². The molecule has 0 aliphatic rings. The molecule has 3 N–H and O–H groups in total. The molecule has 15 heavy (non-hydrogen) atoms. The number of hydrogen-bond donors (Lipinski definition) is 2. The number of amides is 1. The molecule has 1 heterocycles. The topological polar surface area (TPSA) is 85.3 Å². The van der Waals surface area contributed by atoms with Gasteiger partial charge >= 0.3 is 0 Å². The van der Waals surface area contributed by atoms with E-state index in [1.807, 2.05) is 6.92 Å². The molecule has 5 heteroatoms. The second kappa shape index (κ2) is 4.16. The van der Waals surface area contributed by atoms with Crippen molar-refractivity contribution in [1.29, 1.82) is 0 Å². The third kappa shape index (κ3) is 2.01. The molecule has 0 aliphatic heterocycles. The zero-order chi connectivity index (χ0) is 11.6. The van der Waals surface area contributed by atoms with Gasteiger partial charge < -0.3 is 10.8 Å². The number of pyridine rings is 1. The van der Waals surface area contributed by atoms with E-state index in [9.17, 15) is 14.7 Å². The fourth-order valence-corrected chi connectivity index (χ4v) is 1.49. The number of primary amides is 1. The molecular formula is C10H14N2O3. The van der Waals surface area contributed by atoms with Gasteiger partial charge in [0.15, 0.2) is 5.88 Å². The summed E-state index contributed by atoms with van der Waals surface area (Å²) in [6, 6.07) is 1.37. The minimum atomic E-state index is -0.762. The number of aryl methyl sites for hydroxylation is 1. The Kier molecular flexibility index (Phi) is 3.14. The lowest BCUT2D eigenvalue weighted by molar-refractivity contribution is 0.0997. The highest BCUT2D eigenvalue weighted by molar-refractivity contribution is 5.93. The number of nitrogens with zero attached hydrogens (tertiary/aromatic N) is 1. The van der Waals surface area contributed by atoms with Crippen LogP contribution in [0.5, 0.6) is 5.88 Å². The molecule has 0 aliphatic carbocycles. The molecule has 1 amide bonds. The van der Waals surface area contributed by atoms with Crippen molar-refractivity contribution in [2.75, 3.05) is 0 Å². The number of carbonyl (C=O) groups excluding carboxylic acids is 1. The zero-order valence-corrected chi connectivity index (χ0v) is 8.78. The van der Waals surface area contributed by atoms with Crippen LogP contribution in [-0.2, 0) is 6.54 Å². The number of nitrogens with two attached hydrogens (primary N) is 1. The molecule has 0 atom stereocenters. The summed E-state index contributed by atoms with van der Waals surface area (Å²) in [4.78, 5) is 22.8. The van der Waals surface area contributed by atoms with Gasteiger partial charge in [0.1, 0.15) is 5.56 Å². The molecule has 1 rings (SSSR count). The van der Waals surface area contributed by atoms with E-state index in [1.54, 1.807) is 6.92 Å². The highest BCUT2D eigenvalue weighted by Crippen LogP contribution is 2.12. The van der Waals surface area contributed by atoms with E-state index in [2.05, 4.69) is 0 Å². The number of rotatable bonds is 3. The Hall–Kier alpha value is -1.78. The third-order valence-corrected chi connectivity index (χ3v) is 2.17. The molecule has 0 spiro atoms. The molecule has 0 saturated heterocycles. The molecular weight excluding hydrogens is 196 g/mol. The Balaban J connectivity index is 3.49. The Morgan fingerprint density at radius 3 is 2.67 bits per heavy atom. The number of carbonyl (C=O) groups is 1. The Labute approximate surface area is 87.1 Å². The van der Waals surface area contributed by atoms with Crippen molar-refractivity contribution in [2.24, 2.45) is 5.73 Å². The molecule has 1 aromatic rings. The molecule has 82 valence electrons. The van der Waals surface area contributed by atoms with Crippen molar-refractivity contribution in [1.82, 2.24) is 4.57 Å². The highest BCUT2D eigenvalue weighted by atomic mass is 16.3. The van der Waals surface area contributed by atoms with Crippen LogP contribution in [0.25, 0.3) is 0 Å². The average molecular weight is 210 g/mol. The maximum Gasteiger partial charge on any atom is 0.266 e. The van der Waals surface area contributed by atoms with Gasteiger partial charge in [-0.25, -0.2) is 0 Å². The monoisotopic (exact) mass is 210 g/mol. The first-order chi connectivity index (χ1) is 6.99. The SMILES string of the molecule is CCCn1c(O)cc(C)c(C(N)=O)c1=O. The van der Waals surface area contributed by atoms with Gasteiger partial charge in [0.2, 0.25) is 0 Å². The summed E-state index contributed by atoms with van der Waals surface area (Å²) in [6.45, 7) is 3.80. The van der Waals surface area contributed by atoms with Crippen LogP contribution in [0.1, 0.15) is 29.3 Å². The first kappa shape index (κ1) is 11.3. The van der Waals surface area contributed by atoms with Crippen molar-refractivity contribution in [2.45, 2.75) is 26.8 Å². The molecule has 5 nitrogen and oxygen atoms in total. The summed E-state index contributed by atoms with van der Waals surface area (Å²) in [5.41, 5.74) is 4.92. The minimum absolute atomic E-state index is 0.0544. The maximum atomic E-state index is 11.7. The molecule has 1 aromatic heterocycles. The maximum absolute atomic E-state index is 11.7. The van der Waals surface area contributed by atoms with E-state index < -0.39 is 11.5 Å². The van der Waals surface area contributed by atoms with Crippen LogP contribution in [0.15, 0.2) is 10.9 Å². The van der Waals surface area contributed by atoms with Crippen molar-refractivity contribution < 1.29 is 9.90 Å². The van der Waals surface area contributed by atoms with Gasteiger partial charge in [-0.05, 0) is 18.9 Å². The van der Waals surface area contributed by atoms with E-state index in [0.717, 1.165) is 4.57 Å². The van der Waals surface area contributed by atoms with Crippen LogP contribution >= 0.6 is 0 Å². The number of aromatic hydroxyl groups is 1. The van der Waals surface area contributed by atoms with E-state index >= 15 is 0 Å². The first-order valence-electron chi connectivity index (χ1n) is 4.72. The van der Waals surface area contributed by atoms with Crippen molar-refractivity contribution in [3.05, 3.63) is 27.5 Å². The molecule has 0 unspecified atom stereocenters. The Bertz CT molecular complexity index is 449. The molecule has 0 bridgehead atoms. The van der Waals surface area contributed by atoms with Gasteiger partial charge in [-0.3, -0.25) is 14.2 Å². The van der Waals surface area contributed by atoms with E-state index in [4.69, 9.17) is 5.73 Å². The second-order valence-electron chi connectivity index (χ2n) is 3.38. The largest absolute Gasteiger partial charge is 0.494 e. The lowest BCUT2D eigenvalue weighted by Gasteiger charge is -2.10. The van der Waals surface area contributed by atoms with Crippen molar-refractivity contribution in [3.8, 4) is 5.88 Å². The van der Waals surface area contributed by atoms with Crippen LogP contribution in [0.2, 0.25) is 0 Å². The summed E-state index contributed by atoms with van der Waals surface area (Å²) < 4.78 is 1.15. The smallest absolute Gasteiger partial charge is 0.266 e. The van der Waals surface area contributed by atoms with Crippen LogP contribution < -0.4 is 11.3 Å². The Morgan fingerprint density at radius 2 is 2.20 bits per heavy atom. The summed E-state index contributed by atoms with van der Waals surface area (Å²) in [5.74, 6) is -0.897. The van der Waals surface area contributed by atoms with Crippen LogP contribution in [0, 0.1) is 6.92 Å². The highest BCUT2D eigenvalue weighted by Gasteiger charge is 2.15. The van der Waals surface area contributed by atoms with E-state index in [-0.39, 0.29) is 11.4 Å². The van der Waals surface area contributed by atoms with Gasteiger partial charge in [-0.15, -0.1) is 0 Å².